The van der Waals surface area contributed by atoms with Crippen molar-refractivity contribution in [3.8, 4) is 23.2 Å². The molecule has 0 aliphatic heterocycles. The molecule has 4 rings (SSSR count). The normalized spacial score (nSPS) is 16.6. The van der Waals surface area contributed by atoms with E-state index < -0.39 is 5.60 Å². The number of hydrogen-bond donors (Lipinski definition) is 3. The molecule has 7 heteroatoms. The van der Waals surface area contributed by atoms with E-state index >= 15 is 0 Å². The van der Waals surface area contributed by atoms with Gasteiger partial charge >= 0.3 is 0 Å². The van der Waals surface area contributed by atoms with Crippen LogP contribution in [0.4, 0.5) is 5.82 Å². The molecule has 3 aromatic rings. The van der Waals surface area contributed by atoms with Crippen molar-refractivity contribution < 1.29 is 5.11 Å². The van der Waals surface area contributed by atoms with E-state index in [0.29, 0.717) is 24.7 Å². The van der Waals surface area contributed by atoms with E-state index in [1.54, 1.807) is 37.6 Å². The van der Waals surface area contributed by atoms with Crippen molar-refractivity contribution in [3.05, 3.63) is 59.3 Å². The van der Waals surface area contributed by atoms with Gasteiger partial charge in [-0.15, -0.1) is 11.3 Å². The Balaban J connectivity index is 1.61. The predicted molar refractivity (Wildman–Crippen MR) is 141 cm³/mol. The van der Waals surface area contributed by atoms with E-state index in [0.717, 1.165) is 40.0 Å². The van der Waals surface area contributed by atoms with Crippen LogP contribution in [0.5, 0.6) is 0 Å². The van der Waals surface area contributed by atoms with Crippen molar-refractivity contribution in [2.45, 2.75) is 51.7 Å². The van der Waals surface area contributed by atoms with Crippen molar-refractivity contribution in [3.63, 3.8) is 0 Å². The number of pyridine rings is 1. The molecule has 6 nitrogen and oxygen atoms in total. The van der Waals surface area contributed by atoms with Gasteiger partial charge in [0.05, 0.1) is 15.9 Å². The number of nitrogens with two attached hydrogens (primary N) is 1. The molecule has 176 valence electrons. The third-order valence-electron chi connectivity index (χ3n) is 5.47. The molecule has 0 spiro atoms. The number of fused-ring (bicyclic) bond motifs is 1. The molecule has 1 aliphatic carbocycles. The minimum atomic E-state index is -0.834. The SMILES string of the molecule is CC1C=C(C[C@H](N)CNc2nc(-c3ccncc3)nc3c(C#CCC(C)(C)O)csc23)C=CC1. The molecule has 0 amide bonds. The molecule has 4 N–H and O–H groups in total. The minimum absolute atomic E-state index is 0.0402. The van der Waals surface area contributed by atoms with E-state index in [9.17, 15) is 5.11 Å². The molecule has 0 radical (unpaired) electrons. The van der Waals surface area contributed by atoms with Gasteiger partial charge in [-0.05, 0) is 44.7 Å². The van der Waals surface area contributed by atoms with E-state index in [1.165, 1.54) is 5.57 Å². The number of aliphatic hydroxyl groups is 1. The van der Waals surface area contributed by atoms with Gasteiger partial charge in [0.15, 0.2) is 5.82 Å². The Morgan fingerprint density at radius 1 is 1.29 bits per heavy atom. The highest BCUT2D eigenvalue weighted by Gasteiger charge is 2.16. The van der Waals surface area contributed by atoms with E-state index in [1.807, 2.05) is 17.5 Å². The number of nitrogens with one attached hydrogen (secondary N) is 1. The fourth-order valence-electron chi connectivity index (χ4n) is 3.77. The summed E-state index contributed by atoms with van der Waals surface area (Å²) in [6, 6.07) is 3.75. The lowest BCUT2D eigenvalue weighted by molar-refractivity contribution is 0.0862. The lowest BCUT2D eigenvalue weighted by Crippen LogP contribution is -2.30. The second-order valence-electron chi connectivity index (χ2n) is 9.45. The van der Waals surface area contributed by atoms with Gasteiger partial charge in [-0.25, -0.2) is 9.97 Å². The van der Waals surface area contributed by atoms with E-state index in [4.69, 9.17) is 15.7 Å². The van der Waals surface area contributed by atoms with Gasteiger partial charge in [0.25, 0.3) is 0 Å². The van der Waals surface area contributed by atoms with E-state index in [2.05, 4.69) is 47.3 Å². The molecular formula is C27H31N5OS. The first-order valence-electron chi connectivity index (χ1n) is 11.6. The van der Waals surface area contributed by atoms with Gasteiger partial charge in [-0.2, -0.15) is 0 Å². The number of rotatable bonds is 7. The molecule has 1 unspecified atom stereocenters. The molecule has 3 aromatic heterocycles. The van der Waals surface area contributed by atoms with Crippen molar-refractivity contribution in [1.82, 2.24) is 15.0 Å². The highest BCUT2D eigenvalue weighted by atomic mass is 32.1. The van der Waals surface area contributed by atoms with Crippen LogP contribution in [0.2, 0.25) is 0 Å². The summed E-state index contributed by atoms with van der Waals surface area (Å²) in [4.78, 5) is 13.8. The molecule has 0 fully saturated rings. The average molecular weight is 474 g/mol. The molecule has 34 heavy (non-hydrogen) atoms. The largest absolute Gasteiger partial charge is 0.389 e. The van der Waals surface area contributed by atoms with Crippen LogP contribution < -0.4 is 11.1 Å². The highest BCUT2D eigenvalue weighted by molar-refractivity contribution is 7.18. The predicted octanol–water partition coefficient (Wildman–Crippen LogP) is 4.92. The van der Waals surface area contributed by atoms with Crippen LogP contribution in [0, 0.1) is 17.8 Å². The first-order chi connectivity index (χ1) is 16.3. The molecule has 3 heterocycles. The Morgan fingerprint density at radius 3 is 2.82 bits per heavy atom. The first-order valence-corrected chi connectivity index (χ1v) is 12.4. The molecule has 0 saturated heterocycles. The number of anilines is 1. The van der Waals surface area contributed by atoms with Crippen molar-refractivity contribution in [2.75, 3.05) is 11.9 Å². The van der Waals surface area contributed by atoms with Crippen LogP contribution in [0.3, 0.4) is 0 Å². The molecule has 1 aliphatic rings. The van der Waals surface area contributed by atoms with Crippen molar-refractivity contribution in [1.29, 1.82) is 0 Å². The average Bonchev–Trinajstić information content (AvgIpc) is 3.20. The third kappa shape index (κ3) is 6.29. The van der Waals surface area contributed by atoms with Crippen LogP contribution in [-0.2, 0) is 0 Å². The summed E-state index contributed by atoms with van der Waals surface area (Å²) in [5, 5.41) is 15.5. The fraction of sp³-hybridized carbons (Fsp3) is 0.370. The van der Waals surface area contributed by atoms with Gasteiger partial charge in [0.2, 0.25) is 0 Å². The van der Waals surface area contributed by atoms with Gasteiger partial charge in [0, 0.05) is 42.3 Å². The highest BCUT2D eigenvalue weighted by Crippen LogP contribution is 2.32. The zero-order valence-electron chi connectivity index (χ0n) is 19.9. The Kier molecular flexibility index (Phi) is 7.42. The Morgan fingerprint density at radius 2 is 2.09 bits per heavy atom. The third-order valence-corrected chi connectivity index (χ3v) is 6.44. The van der Waals surface area contributed by atoms with E-state index in [-0.39, 0.29) is 6.04 Å². The molecule has 0 saturated carbocycles. The fourth-order valence-corrected chi connectivity index (χ4v) is 4.68. The summed E-state index contributed by atoms with van der Waals surface area (Å²) in [5.41, 5.74) is 9.45. The van der Waals surface area contributed by atoms with Crippen LogP contribution in [-0.4, -0.2) is 38.2 Å². The summed E-state index contributed by atoms with van der Waals surface area (Å²) in [7, 11) is 0. The molecule has 0 bridgehead atoms. The van der Waals surface area contributed by atoms with Gasteiger partial charge in [-0.1, -0.05) is 42.6 Å². The lowest BCUT2D eigenvalue weighted by atomic mass is 9.94. The maximum atomic E-state index is 9.99. The summed E-state index contributed by atoms with van der Waals surface area (Å²) < 4.78 is 0.947. The van der Waals surface area contributed by atoms with Crippen molar-refractivity contribution in [2.24, 2.45) is 11.7 Å². The first kappa shape index (κ1) is 24.1. The lowest BCUT2D eigenvalue weighted by Gasteiger charge is -2.18. The summed E-state index contributed by atoms with van der Waals surface area (Å²) in [6.07, 6.45) is 12.5. The van der Waals surface area contributed by atoms with Crippen LogP contribution in [0.1, 0.15) is 45.6 Å². The number of thiophene rings is 1. The number of aromatic nitrogens is 3. The molecule has 2 atom stereocenters. The summed E-state index contributed by atoms with van der Waals surface area (Å²) in [6.45, 7) is 6.33. The molecular weight excluding hydrogens is 442 g/mol. The van der Waals surface area contributed by atoms with Gasteiger partial charge in [0.1, 0.15) is 11.3 Å². The Labute approximate surface area is 205 Å². The zero-order valence-corrected chi connectivity index (χ0v) is 20.7. The summed E-state index contributed by atoms with van der Waals surface area (Å²) in [5.74, 6) is 8.20. The van der Waals surface area contributed by atoms with Gasteiger partial charge in [-0.3, -0.25) is 4.98 Å². The van der Waals surface area contributed by atoms with Crippen molar-refractivity contribution >= 4 is 27.4 Å². The topological polar surface area (TPSA) is 97.0 Å². The summed E-state index contributed by atoms with van der Waals surface area (Å²) >= 11 is 1.56. The van der Waals surface area contributed by atoms with Crippen LogP contribution >= 0.6 is 11.3 Å². The second kappa shape index (κ2) is 10.5. The minimum Gasteiger partial charge on any atom is -0.389 e. The van der Waals surface area contributed by atoms with Gasteiger partial charge < -0.3 is 16.2 Å². The Bertz CT molecular complexity index is 1260. The maximum absolute atomic E-state index is 9.99. The second-order valence-corrected chi connectivity index (χ2v) is 10.3. The zero-order chi connectivity index (χ0) is 24.1. The molecule has 0 aromatic carbocycles. The maximum Gasteiger partial charge on any atom is 0.162 e. The van der Waals surface area contributed by atoms with Crippen LogP contribution in [0.15, 0.2) is 53.7 Å². The number of allylic oxidation sites excluding steroid dienone is 3. The number of hydrogen-bond acceptors (Lipinski definition) is 7. The quantitative estimate of drug-likeness (QED) is 0.422. The number of nitrogens with zero attached hydrogens (tertiary/aromatic N) is 3. The smallest absolute Gasteiger partial charge is 0.162 e. The standard InChI is InChI=1S/C27H31N5OS/c1-18-6-4-7-19(14-18)15-22(28)16-30-26-24-23(21(17-34-24)8-5-11-27(2,3)33)31-25(32-26)20-9-12-29-13-10-20/h4,7,9-10,12-14,17-18,22,33H,6,11,15-16,28H2,1-3H3,(H,30,31,32)/t18?,22-/m0/s1. The van der Waals surface area contributed by atoms with Crippen LogP contribution in [0.25, 0.3) is 21.6 Å². The monoisotopic (exact) mass is 473 g/mol. The Hall–Kier alpha value is -3.05.